The molecule has 0 heterocycles. The summed E-state index contributed by atoms with van der Waals surface area (Å²) < 4.78 is 38.4. The van der Waals surface area contributed by atoms with E-state index < -0.39 is 12.2 Å². The first-order valence-electron chi connectivity index (χ1n) is 5.73. The average molecular weight is 320 g/mol. The molecule has 0 aliphatic rings. The maximum Gasteiger partial charge on any atom is 0.263 e. The molecule has 0 aliphatic heterocycles. The molecule has 0 spiro atoms. The van der Waals surface area contributed by atoms with Crippen molar-refractivity contribution in [3.05, 3.63) is 63.4 Å². The Morgan fingerprint density at radius 1 is 1.05 bits per heavy atom. The number of benzene rings is 2. The van der Waals surface area contributed by atoms with Gasteiger partial charge in [-0.3, -0.25) is 0 Å². The van der Waals surface area contributed by atoms with Crippen molar-refractivity contribution in [2.75, 3.05) is 5.32 Å². The van der Waals surface area contributed by atoms with Gasteiger partial charge in [-0.05, 0) is 23.8 Å². The normalized spacial score (nSPS) is 10.9. The molecule has 0 atom stereocenters. The lowest BCUT2D eigenvalue weighted by Crippen LogP contribution is -2.00. The molecule has 0 aliphatic carbocycles. The topological polar surface area (TPSA) is 12.0 Å². The van der Waals surface area contributed by atoms with Crippen LogP contribution in [-0.4, -0.2) is 0 Å². The second-order valence-electron chi connectivity index (χ2n) is 4.15. The minimum atomic E-state index is -2.51. The molecule has 0 aromatic heterocycles. The molecule has 20 heavy (non-hydrogen) atoms. The molecule has 2 aromatic carbocycles. The van der Waals surface area contributed by atoms with E-state index in [9.17, 15) is 13.2 Å². The Hall–Kier alpha value is -1.39. The highest BCUT2D eigenvalue weighted by Crippen LogP contribution is 2.27. The summed E-state index contributed by atoms with van der Waals surface area (Å²) in [5.41, 5.74) is 1.16. The Morgan fingerprint density at radius 2 is 1.70 bits per heavy atom. The van der Waals surface area contributed by atoms with Crippen molar-refractivity contribution in [1.29, 1.82) is 0 Å². The second kappa shape index (κ2) is 6.37. The van der Waals surface area contributed by atoms with Crippen molar-refractivity contribution in [2.45, 2.75) is 13.0 Å². The lowest BCUT2D eigenvalue weighted by molar-refractivity contribution is 0.151. The molecule has 2 rings (SSSR count). The van der Waals surface area contributed by atoms with Crippen LogP contribution < -0.4 is 5.32 Å². The summed E-state index contributed by atoms with van der Waals surface area (Å²) in [5, 5.41) is 2.76. The predicted molar refractivity (Wildman–Crippen MR) is 75.1 cm³/mol. The van der Waals surface area contributed by atoms with Crippen molar-refractivity contribution in [3.63, 3.8) is 0 Å². The van der Waals surface area contributed by atoms with E-state index in [1.165, 1.54) is 24.3 Å². The van der Waals surface area contributed by atoms with Crippen molar-refractivity contribution in [1.82, 2.24) is 0 Å². The third-order valence-corrected chi connectivity index (χ3v) is 3.23. The lowest BCUT2D eigenvalue weighted by Gasteiger charge is -2.09. The summed E-state index contributed by atoms with van der Waals surface area (Å²) in [7, 11) is 0. The number of hydrogen-bond donors (Lipinski definition) is 1. The number of rotatable bonds is 4. The van der Waals surface area contributed by atoms with Crippen molar-refractivity contribution in [3.8, 4) is 0 Å². The maximum atomic E-state index is 13.2. The van der Waals surface area contributed by atoms with E-state index in [1.807, 2.05) is 0 Å². The standard InChI is InChI=1S/C14H10Cl2F3N/c15-11-5-10(6-12(16)13(11)17)20-7-8-2-1-3-9(4-8)14(18)19/h1-6,14,20H,7H2. The first-order chi connectivity index (χ1) is 9.47. The SMILES string of the molecule is Fc1c(Cl)cc(NCc2cccc(C(F)F)c2)cc1Cl. The van der Waals surface area contributed by atoms with Gasteiger partial charge in [0.2, 0.25) is 0 Å². The monoisotopic (exact) mass is 319 g/mol. The molecule has 106 valence electrons. The fourth-order valence-electron chi connectivity index (χ4n) is 1.70. The van der Waals surface area contributed by atoms with Crippen LogP contribution in [0.2, 0.25) is 10.0 Å². The summed E-state index contributed by atoms with van der Waals surface area (Å²) in [4.78, 5) is 0. The minimum absolute atomic E-state index is 0.0422. The van der Waals surface area contributed by atoms with Crippen LogP contribution >= 0.6 is 23.2 Å². The Labute approximate surface area is 124 Å². The Morgan fingerprint density at radius 3 is 2.30 bits per heavy atom. The quantitative estimate of drug-likeness (QED) is 0.714. The van der Waals surface area contributed by atoms with Crippen LogP contribution in [0.5, 0.6) is 0 Å². The van der Waals surface area contributed by atoms with Gasteiger partial charge in [-0.25, -0.2) is 13.2 Å². The molecular formula is C14H10Cl2F3N. The first kappa shape index (κ1) is 15.0. The molecule has 2 aromatic rings. The summed E-state index contributed by atoms with van der Waals surface area (Å²) in [6, 6.07) is 8.82. The summed E-state index contributed by atoms with van der Waals surface area (Å²) in [6.45, 7) is 0.304. The van der Waals surface area contributed by atoms with E-state index in [0.717, 1.165) is 0 Å². The largest absolute Gasteiger partial charge is 0.381 e. The second-order valence-corrected chi connectivity index (χ2v) is 4.97. The zero-order valence-corrected chi connectivity index (χ0v) is 11.7. The van der Waals surface area contributed by atoms with Gasteiger partial charge in [0.25, 0.3) is 6.43 Å². The van der Waals surface area contributed by atoms with Crippen LogP contribution in [0.25, 0.3) is 0 Å². The zero-order valence-electron chi connectivity index (χ0n) is 10.1. The third-order valence-electron chi connectivity index (χ3n) is 2.68. The van der Waals surface area contributed by atoms with Crippen LogP contribution in [-0.2, 0) is 6.54 Å². The smallest absolute Gasteiger partial charge is 0.263 e. The Kier molecular flexibility index (Phi) is 4.78. The summed E-state index contributed by atoms with van der Waals surface area (Å²) >= 11 is 11.3. The van der Waals surface area contributed by atoms with Gasteiger partial charge in [0.1, 0.15) is 0 Å². The van der Waals surface area contributed by atoms with E-state index in [2.05, 4.69) is 5.32 Å². The molecule has 0 fully saturated rings. The number of alkyl halides is 2. The number of hydrogen-bond acceptors (Lipinski definition) is 1. The molecule has 6 heteroatoms. The van der Waals surface area contributed by atoms with Gasteiger partial charge in [-0.15, -0.1) is 0 Å². The van der Waals surface area contributed by atoms with E-state index in [1.54, 1.807) is 12.1 Å². The van der Waals surface area contributed by atoms with E-state index in [-0.39, 0.29) is 15.6 Å². The third kappa shape index (κ3) is 3.58. The first-order valence-corrected chi connectivity index (χ1v) is 6.48. The van der Waals surface area contributed by atoms with E-state index in [4.69, 9.17) is 23.2 Å². The van der Waals surface area contributed by atoms with Crippen LogP contribution in [0.3, 0.4) is 0 Å². The van der Waals surface area contributed by atoms with Gasteiger partial charge in [0.05, 0.1) is 10.0 Å². The van der Waals surface area contributed by atoms with Gasteiger partial charge in [0.15, 0.2) is 5.82 Å². The van der Waals surface area contributed by atoms with Gasteiger partial charge >= 0.3 is 0 Å². The average Bonchev–Trinajstić information content (AvgIpc) is 2.42. The molecule has 0 saturated heterocycles. The molecule has 1 nitrogen and oxygen atoms in total. The Balaban J connectivity index is 2.11. The van der Waals surface area contributed by atoms with Crippen molar-refractivity contribution in [2.24, 2.45) is 0 Å². The number of nitrogens with one attached hydrogen (secondary N) is 1. The predicted octanol–water partition coefficient (Wildman–Crippen LogP) is 5.68. The molecular weight excluding hydrogens is 310 g/mol. The van der Waals surface area contributed by atoms with Crippen molar-refractivity contribution >= 4 is 28.9 Å². The maximum absolute atomic E-state index is 13.2. The van der Waals surface area contributed by atoms with Crippen molar-refractivity contribution < 1.29 is 13.2 Å². The van der Waals surface area contributed by atoms with Gasteiger partial charge in [-0.2, -0.15) is 0 Å². The Bertz CT molecular complexity index is 594. The minimum Gasteiger partial charge on any atom is -0.381 e. The van der Waals surface area contributed by atoms with Crippen LogP contribution in [0.15, 0.2) is 36.4 Å². The fraction of sp³-hybridized carbons (Fsp3) is 0.143. The molecule has 0 amide bonds. The van der Waals surface area contributed by atoms with Gasteiger partial charge < -0.3 is 5.32 Å². The van der Waals surface area contributed by atoms with Gasteiger partial charge in [-0.1, -0.05) is 41.4 Å². The molecule has 0 bridgehead atoms. The van der Waals surface area contributed by atoms with Crippen LogP contribution in [0.4, 0.5) is 18.9 Å². The lowest BCUT2D eigenvalue weighted by atomic mass is 10.1. The number of halogens is 5. The molecule has 0 saturated carbocycles. The highest BCUT2D eigenvalue weighted by atomic mass is 35.5. The summed E-state index contributed by atoms with van der Waals surface area (Å²) in [6.07, 6.45) is -2.51. The fourth-order valence-corrected chi connectivity index (χ4v) is 2.19. The van der Waals surface area contributed by atoms with E-state index in [0.29, 0.717) is 17.8 Å². The van der Waals surface area contributed by atoms with Crippen LogP contribution in [0.1, 0.15) is 17.6 Å². The summed E-state index contributed by atoms with van der Waals surface area (Å²) in [5.74, 6) is -0.682. The van der Waals surface area contributed by atoms with E-state index >= 15 is 0 Å². The number of anilines is 1. The van der Waals surface area contributed by atoms with Crippen LogP contribution in [0, 0.1) is 5.82 Å². The molecule has 0 unspecified atom stereocenters. The van der Waals surface area contributed by atoms with Gasteiger partial charge in [0, 0.05) is 17.8 Å². The zero-order chi connectivity index (χ0) is 14.7. The molecule has 0 radical (unpaired) electrons. The highest BCUT2D eigenvalue weighted by Gasteiger charge is 2.09. The highest BCUT2D eigenvalue weighted by molar-refractivity contribution is 6.35. The molecule has 1 N–H and O–H groups in total.